The van der Waals surface area contributed by atoms with Crippen LogP contribution in [0.5, 0.6) is 0 Å². The van der Waals surface area contributed by atoms with Crippen LogP contribution in [0.15, 0.2) is 194 Å². The molecule has 3 aromatic heterocycles. The molecule has 1 aliphatic carbocycles. The van der Waals surface area contributed by atoms with Crippen LogP contribution in [0, 0.1) is 0 Å². The van der Waals surface area contributed by atoms with Crippen molar-refractivity contribution in [3.63, 3.8) is 0 Å². The summed E-state index contributed by atoms with van der Waals surface area (Å²) in [7, 11) is 0. The Balaban J connectivity index is 1.17. The van der Waals surface area contributed by atoms with E-state index in [9.17, 15) is 0 Å². The molecule has 57 heavy (non-hydrogen) atoms. The van der Waals surface area contributed by atoms with Crippen molar-refractivity contribution in [2.45, 2.75) is 12.0 Å². The van der Waals surface area contributed by atoms with Crippen molar-refractivity contribution in [1.82, 2.24) is 24.1 Å². The SMILES string of the molecule is C1=C(n2c3ccccc3c3ccccc32)C=C(n2c3ccccc3c3ccccc32)C2C1c1ccccc1N2c1nc(-c2ccccc2)nc(-c2ccccc2)n1. The third-order valence-corrected chi connectivity index (χ3v) is 11.7. The highest BCUT2D eigenvalue weighted by atomic mass is 15.3. The van der Waals surface area contributed by atoms with Gasteiger partial charge in [0, 0.05) is 55.7 Å². The quantitative estimate of drug-likeness (QED) is 0.177. The Bertz CT molecular complexity index is 3100. The van der Waals surface area contributed by atoms with Crippen molar-refractivity contribution in [3.05, 3.63) is 200 Å². The Hall–Kier alpha value is -7.57. The third-order valence-electron chi connectivity index (χ3n) is 11.7. The van der Waals surface area contributed by atoms with E-state index in [1.165, 1.54) is 38.1 Å². The van der Waals surface area contributed by atoms with Crippen molar-refractivity contribution in [2.75, 3.05) is 4.90 Å². The van der Waals surface area contributed by atoms with Gasteiger partial charge in [-0.25, -0.2) is 4.98 Å². The Morgan fingerprint density at radius 2 is 0.842 bits per heavy atom. The van der Waals surface area contributed by atoms with E-state index in [4.69, 9.17) is 15.0 Å². The number of benzene rings is 7. The molecule has 6 nitrogen and oxygen atoms in total. The fourth-order valence-electron chi connectivity index (χ4n) is 9.31. The second-order valence-electron chi connectivity index (χ2n) is 14.8. The number of fused-ring (bicyclic) bond motifs is 9. The lowest BCUT2D eigenvalue weighted by Gasteiger charge is -2.34. The second kappa shape index (κ2) is 12.5. The van der Waals surface area contributed by atoms with Crippen molar-refractivity contribution in [1.29, 1.82) is 0 Å². The summed E-state index contributed by atoms with van der Waals surface area (Å²) in [5.41, 5.74) is 11.2. The summed E-state index contributed by atoms with van der Waals surface area (Å²) in [4.78, 5) is 18.1. The number of aromatic nitrogens is 5. The smallest absolute Gasteiger partial charge is 0.234 e. The van der Waals surface area contributed by atoms with Gasteiger partial charge in [0.05, 0.1) is 28.1 Å². The minimum absolute atomic E-state index is 0.0341. The average molecular weight is 731 g/mol. The van der Waals surface area contributed by atoms with E-state index in [1.54, 1.807) is 0 Å². The van der Waals surface area contributed by atoms with Gasteiger partial charge in [-0.2, -0.15) is 9.97 Å². The lowest BCUT2D eigenvalue weighted by Crippen LogP contribution is -2.36. The molecule has 2 unspecified atom stereocenters. The molecular weight excluding hydrogens is 697 g/mol. The molecule has 2 aliphatic rings. The molecule has 4 heterocycles. The van der Waals surface area contributed by atoms with Crippen molar-refractivity contribution in [3.8, 4) is 22.8 Å². The van der Waals surface area contributed by atoms with Gasteiger partial charge >= 0.3 is 0 Å². The monoisotopic (exact) mass is 730 g/mol. The molecule has 268 valence electrons. The molecule has 0 saturated heterocycles. The number of para-hydroxylation sites is 5. The van der Waals surface area contributed by atoms with E-state index in [1.807, 2.05) is 36.4 Å². The molecule has 0 fully saturated rings. The van der Waals surface area contributed by atoms with Crippen LogP contribution < -0.4 is 4.90 Å². The Morgan fingerprint density at radius 3 is 1.37 bits per heavy atom. The van der Waals surface area contributed by atoms with E-state index < -0.39 is 0 Å². The van der Waals surface area contributed by atoms with Gasteiger partial charge in [0.25, 0.3) is 0 Å². The van der Waals surface area contributed by atoms with E-state index in [0.29, 0.717) is 17.6 Å². The van der Waals surface area contributed by atoms with E-state index in [-0.39, 0.29) is 12.0 Å². The van der Waals surface area contributed by atoms with Crippen LogP contribution in [-0.4, -0.2) is 30.1 Å². The topological polar surface area (TPSA) is 51.8 Å². The van der Waals surface area contributed by atoms with Gasteiger partial charge in [-0.1, -0.05) is 158 Å². The molecule has 7 aromatic carbocycles. The first kappa shape index (κ1) is 31.7. The highest BCUT2D eigenvalue weighted by Crippen LogP contribution is 2.53. The maximum atomic E-state index is 5.33. The largest absolute Gasteiger partial charge is 0.311 e. The number of hydrogen-bond donors (Lipinski definition) is 0. The molecule has 2 atom stereocenters. The number of anilines is 2. The van der Waals surface area contributed by atoms with Crippen molar-refractivity contribution < 1.29 is 0 Å². The molecule has 0 spiro atoms. The Morgan fingerprint density at radius 1 is 0.404 bits per heavy atom. The Kier molecular flexibility index (Phi) is 6.95. The predicted octanol–water partition coefficient (Wildman–Crippen LogP) is 12.1. The molecule has 0 amide bonds. The van der Waals surface area contributed by atoms with Gasteiger partial charge < -0.3 is 14.0 Å². The standard InChI is InChI=1S/C51H34N6/c1-3-17-33(18-4-1)49-52-50(34-19-5-2-6-20-34)54-51(53-49)57-46-30-16-11-25-40(46)41-31-35(55-42-26-12-7-21-36(42)37-22-8-13-27-43(37)55)32-47(48(41)57)56-44-28-14-9-23-38(44)39-24-10-15-29-45(39)56/h1-32,41,48H. The van der Waals surface area contributed by atoms with Crippen molar-refractivity contribution >= 4 is 66.6 Å². The first-order chi connectivity index (χ1) is 28.3. The molecular formula is C51H34N6. The van der Waals surface area contributed by atoms with Gasteiger partial charge in [0.1, 0.15) is 0 Å². The molecule has 1 aliphatic heterocycles. The maximum Gasteiger partial charge on any atom is 0.234 e. The summed E-state index contributed by atoms with van der Waals surface area (Å²) < 4.78 is 4.93. The second-order valence-corrected chi connectivity index (χ2v) is 14.8. The zero-order valence-corrected chi connectivity index (χ0v) is 30.8. The molecule has 10 aromatic rings. The summed E-state index contributed by atoms with van der Waals surface area (Å²) >= 11 is 0. The first-order valence-electron chi connectivity index (χ1n) is 19.5. The van der Waals surface area contributed by atoms with Crippen molar-refractivity contribution in [2.24, 2.45) is 0 Å². The fraction of sp³-hybridized carbons (Fsp3) is 0.0392. The highest BCUT2D eigenvalue weighted by molar-refractivity contribution is 6.13. The summed E-state index contributed by atoms with van der Waals surface area (Å²) in [5.74, 6) is 1.86. The minimum Gasteiger partial charge on any atom is -0.311 e. The first-order valence-corrected chi connectivity index (χ1v) is 19.5. The molecule has 0 saturated carbocycles. The molecule has 6 heteroatoms. The number of hydrogen-bond acceptors (Lipinski definition) is 4. The molecule has 0 bridgehead atoms. The maximum absolute atomic E-state index is 5.33. The summed E-state index contributed by atoms with van der Waals surface area (Å²) in [6.07, 6.45) is 4.88. The van der Waals surface area contributed by atoms with Crippen LogP contribution in [0.4, 0.5) is 11.6 Å². The summed E-state index contributed by atoms with van der Waals surface area (Å²) in [6, 6.07) is 64.1. The van der Waals surface area contributed by atoms with Gasteiger partial charge in [-0.15, -0.1) is 0 Å². The molecule has 0 radical (unpaired) electrons. The van der Waals surface area contributed by atoms with E-state index in [2.05, 4.69) is 172 Å². The molecule has 12 rings (SSSR count). The Labute approximate surface area is 328 Å². The van der Waals surface area contributed by atoms with Crippen LogP contribution in [0.3, 0.4) is 0 Å². The highest BCUT2D eigenvalue weighted by Gasteiger charge is 2.45. The fourth-order valence-corrected chi connectivity index (χ4v) is 9.31. The van der Waals surface area contributed by atoms with Crippen LogP contribution in [-0.2, 0) is 0 Å². The van der Waals surface area contributed by atoms with Gasteiger partial charge in [0.2, 0.25) is 5.95 Å². The summed E-state index contributed by atoms with van der Waals surface area (Å²) in [6.45, 7) is 0. The number of nitrogens with zero attached hydrogens (tertiary/aromatic N) is 6. The lowest BCUT2D eigenvalue weighted by atomic mass is 9.87. The predicted molar refractivity (Wildman–Crippen MR) is 233 cm³/mol. The number of rotatable bonds is 5. The van der Waals surface area contributed by atoms with Gasteiger partial charge in [0.15, 0.2) is 11.6 Å². The van der Waals surface area contributed by atoms with Crippen LogP contribution >= 0.6 is 0 Å². The lowest BCUT2D eigenvalue weighted by molar-refractivity contribution is 0.719. The van der Waals surface area contributed by atoms with Gasteiger partial charge in [-0.05, 0) is 42.0 Å². The van der Waals surface area contributed by atoms with Crippen LogP contribution in [0.2, 0.25) is 0 Å². The normalized spacial score (nSPS) is 16.2. The third kappa shape index (κ3) is 4.80. The van der Waals surface area contributed by atoms with E-state index in [0.717, 1.165) is 39.2 Å². The van der Waals surface area contributed by atoms with Crippen LogP contribution in [0.1, 0.15) is 11.5 Å². The zero-order chi connectivity index (χ0) is 37.5. The molecule has 0 N–H and O–H groups in total. The minimum atomic E-state index is -0.187. The average Bonchev–Trinajstić information content (AvgIpc) is 3.93. The number of allylic oxidation sites excluding steroid dienone is 2. The van der Waals surface area contributed by atoms with E-state index >= 15 is 0 Å². The van der Waals surface area contributed by atoms with Gasteiger partial charge in [-0.3, -0.25) is 0 Å². The zero-order valence-electron chi connectivity index (χ0n) is 30.8. The summed E-state index contributed by atoms with van der Waals surface area (Å²) in [5, 5.41) is 4.92. The van der Waals surface area contributed by atoms with Crippen LogP contribution in [0.25, 0.3) is 77.8 Å².